The number of benzene rings is 1. The van der Waals surface area contributed by atoms with Crippen LogP contribution in [-0.4, -0.2) is 14.9 Å². The van der Waals surface area contributed by atoms with Crippen LogP contribution in [0.2, 0.25) is 0 Å². The van der Waals surface area contributed by atoms with Crippen molar-refractivity contribution in [3.63, 3.8) is 0 Å². The molecular weight excluding hydrogens is 269 g/mol. The number of hydrogen-bond donors (Lipinski definition) is 0. The highest BCUT2D eigenvalue weighted by atomic mass is 32.2. The molecule has 19 heavy (non-hydrogen) atoms. The Labute approximate surface area is 113 Å². The van der Waals surface area contributed by atoms with Crippen LogP contribution >= 0.6 is 11.8 Å². The lowest BCUT2D eigenvalue weighted by Gasteiger charge is -2.01. The van der Waals surface area contributed by atoms with E-state index in [0.717, 1.165) is 5.56 Å². The Morgan fingerprint density at radius 2 is 2.05 bits per heavy atom. The average Bonchev–Trinajstić information content (AvgIpc) is 2.37. The monoisotopic (exact) mass is 279 g/mol. The first-order valence-electron chi connectivity index (χ1n) is 5.40. The molecule has 1 aromatic carbocycles. The van der Waals surface area contributed by atoms with E-state index in [1.54, 1.807) is 12.4 Å². The first-order chi connectivity index (χ1) is 9.06. The number of halogens is 1. The Morgan fingerprint density at radius 3 is 2.63 bits per heavy atom. The fourth-order valence-electron chi connectivity index (χ4n) is 1.39. The standard InChI is InChI=1S/C12H10FN3O2S/c1-8-5-14-12(15-6-8)19-7-9-2-3-11(16(17)18)10(13)4-9/h2-6H,7H2,1H3. The molecule has 0 saturated carbocycles. The second-order valence-corrected chi connectivity index (χ2v) is 4.82. The summed E-state index contributed by atoms with van der Waals surface area (Å²) >= 11 is 1.35. The van der Waals surface area contributed by atoms with Crippen LogP contribution in [0.5, 0.6) is 0 Å². The van der Waals surface area contributed by atoms with Gasteiger partial charge in [0.15, 0.2) is 5.16 Å². The summed E-state index contributed by atoms with van der Waals surface area (Å²) in [5, 5.41) is 11.1. The smallest absolute Gasteiger partial charge is 0.258 e. The van der Waals surface area contributed by atoms with E-state index in [0.29, 0.717) is 16.5 Å². The molecule has 2 rings (SSSR count). The first-order valence-corrected chi connectivity index (χ1v) is 6.39. The summed E-state index contributed by atoms with van der Waals surface area (Å²) in [5.74, 6) is -0.370. The third-order valence-corrected chi connectivity index (χ3v) is 3.28. The number of hydrogen-bond acceptors (Lipinski definition) is 5. The number of nitrogens with zero attached hydrogens (tertiary/aromatic N) is 3. The van der Waals surface area contributed by atoms with Gasteiger partial charge in [-0.05, 0) is 24.1 Å². The van der Waals surface area contributed by atoms with Crippen molar-refractivity contribution in [2.75, 3.05) is 0 Å². The van der Waals surface area contributed by atoms with E-state index in [1.165, 1.54) is 30.0 Å². The molecule has 0 aliphatic rings. The molecule has 0 radical (unpaired) electrons. The lowest BCUT2D eigenvalue weighted by Crippen LogP contribution is -1.94. The summed E-state index contributed by atoms with van der Waals surface area (Å²) in [6.45, 7) is 1.89. The Kier molecular flexibility index (Phi) is 4.06. The van der Waals surface area contributed by atoms with Gasteiger partial charge in [-0.3, -0.25) is 10.1 Å². The van der Waals surface area contributed by atoms with Gasteiger partial charge in [0.2, 0.25) is 5.82 Å². The van der Waals surface area contributed by atoms with E-state index >= 15 is 0 Å². The minimum atomic E-state index is -0.826. The van der Waals surface area contributed by atoms with Gasteiger partial charge in [0.1, 0.15) is 0 Å². The molecule has 98 valence electrons. The van der Waals surface area contributed by atoms with Gasteiger partial charge in [0.05, 0.1) is 4.92 Å². The second kappa shape index (κ2) is 5.75. The third-order valence-electron chi connectivity index (χ3n) is 2.33. The van der Waals surface area contributed by atoms with E-state index in [1.807, 2.05) is 6.92 Å². The van der Waals surface area contributed by atoms with Crippen LogP contribution < -0.4 is 0 Å². The summed E-state index contributed by atoms with van der Waals surface area (Å²) in [6.07, 6.45) is 3.40. The Bertz CT molecular complexity index is 604. The molecule has 5 nitrogen and oxygen atoms in total. The van der Waals surface area contributed by atoms with E-state index in [4.69, 9.17) is 0 Å². The molecule has 0 spiro atoms. The molecule has 0 unspecified atom stereocenters. The average molecular weight is 279 g/mol. The molecule has 1 aromatic heterocycles. The molecule has 0 amide bonds. The van der Waals surface area contributed by atoms with Crippen LogP contribution in [0.1, 0.15) is 11.1 Å². The van der Waals surface area contributed by atoms with Crippen LogP contribution in [0.3, 0.4) is 0 Å². The Morgan fingerprint density at radius 1 is 1.37 bits per heavy atom. The number of nitro benzene ring substituents is 1. The number of aryl methyl sites for hydroxylation is 1. The Hall–Kier alpha value is -2.02. The highest BCUT2D eigenvalue weighted by Gasteiger charge is 2.13. The van der Waals surface area contributed by atoms with Crippen molar-refractivity contribution in [1.29, 1.82) is 0 Å². The van der Waals surface area contributed by atoms with E-state index in [2.05, 4.69) is 9.97 Å². The van der Waals surface area contributed by atoms with E-state index < -0.39 is 16.4 Å². The highest BCUT2D eigenvalue weighted by Crippen LogP contribution is 2.23. The van der Waals surface area contributed by atoms with Crippen molar-refractivity contribution >= 4 is 17.4 Å². The van der Waals surface area contributed by atoms with Crippen LogP contribution in [-0.2, 0) is 5.75 Å². The van der Waals surface area contributed by atoms with Gasteiger partial charge in [-0.2, -0.15) is 4.39 Å². The largest absolute Gasteiger partial charge is 0.304 e. The fraction of sp³-hybridized carbons (Fsp3) is 0.167. The maximum Gasteiger partial charge on any atom is 0.304 e. The zero-order valence-corrected chi connectivity index (χ0v) is 10.9. The molecule has 0 aliphatic carbocycles. The van der Waals surface area contributed by atoms with Gasteiger partial charge in [-0.25, -0.2) is 9.97 Å². The molecule has 2 aromatic rings. The molecule has 0 aliphatic heterocycles. The minimum Gasteiger partial charge on any atom is -0.258 e. The zero-order valence-electron chi connectivity index (χ0n) is 10.0. The van der Waals surface area contributed by atoms with Crippen LogP contribution in [0, 0.1) is 22.9 Å². The molecule has 7 heteroatoms. The SMILES string of the molecule is Cc1cnc(SCc2ccc([N+](=O)[O-])c(F)c2)nc1. The van der Waals surface area contributed by atoms with Gasteiger partial charge in [0.25, 0.3) is 0 Å². The summed E-state index contributed by atoms with van der Waals surface area (Å²) < 4.78 is 13.4. The Balaban J connectivity index is 2.06. The molecule has 0 atom stereocenters. The zero-order chi connectivity index (χ0) is 13.8. The van der Waals surface area contributed by atoms with Gasteiger partial charge < -0.3 is 0 Å². The maximum atomic E-state index is 13.4. The summed E-state index contributed by atoms with van der Waals surface area (Å²) in [7, 11) is 0. The minimum absolute atomic E-state index is 0.456. The predicted molar refractivity (Wildman–Crippen MR) is 69.4 cm³/mol. The number of aromatic nitrogens is 2. The first kappa shape index (κ1) is 13.4. The van der Waals surface area contributed by atoms with Crippen LogP contribution in [0.25, 0.3) is 0 Å². The topological polar surface area (TPSA) is 68.9 Å². The van der Waals surface area contributed by atoms with Crippen molar-refractivity contribution in [2.45, 2.75) is 17.8 Å². The van der Waals surface area contributed by atoms with Crippen molar-refractivity contribution in [2.24, 2.45) is 0 Å². The summed E-state index contributed by atoms with van der Waals surface area (Å²) in [4.78, 5) is 18.0. The van der Waals surface area contributed by atoms with Crippen molar-refractivity contribution in [3.8, 4) is 0 Å². The molecule has 0 N–H and O–H groups in total. The lowest BCUT2D eigenvalue weighted by molar-refractivity contribution is -0.387. The molecular formula is C12H10FN3O2S. The number of rotatable bonds is 4. The van der Waals surface area contributed by atoms with Crippen molar-refractivity contribution in [1.82, 2.24) is 9.97 Å². The fourth-order valence-corrected chi connectivity index (χ4v) is 2.12. The van der Waals surface area contributed by atoms with Crippen molar-refractivity contribution in [3.05, 3.63) is 57.7 Å². The molecule has 1 heterocycles. The number of thioether (sulfide) groups is 1. The summed E-state index contributed by atoms with van der Waals surface area (Å²) in [6, 6.07) is 3.86. The predicted octanol–water partition coefficient (Wildman–Crippen LogP) is 3.12. The highest BCUT2D eigenvalue weighted by molar-refractivity contribution is 7.98. The van der Waals surface area contributed by atoms with Gasteiger partial charge in [-0.15, -0.1) is 0 Å². The molecule has 0 fully saturated rings. The van der Waals surface area contributed by atoms with Crippen molar-refractivity contribution < 1.29 is 9.31 Å². The van der Waals surface area contributed by atoms with Crippen LogP contribution in [0.4, 0.5) is 10.1 Å². The normalized spacial score (nSPS) is 10.4. The van der Waals surface area contributed by atoms with Gasteiger partial charge >= 0.3 is 5.69 Å². The summed E-state index contributed by atoms with van der Waals surface area (Å²) in [5.41, 5.74) is 1.10. The van der Waals surface area contributed by atoms with E-state index in [-0.39, 0.29) is 0 Å². The molecule has 0 saturated heterocycles. The molecule has 0 bridgehead atoms. The lowest BCUT2D eigenvalue weighted by atomic mass is 10.2. The van der Waals surface area contributed by atoms with Gasteiger partial charge in [0, 0.05) is 24.2 Å². The second-order valence-electron chi connectivity index (χ2n) is 3.87. The quantitative estimate of drug-likeness (QED) is 0.372. The van der Waals surface area contributed by atoms with Crippen LogP contribution in [0.15, 0.2) is 35.7 Å². The third kappa shape index (κ3) is 3.47. The maximum absolute atomic E-state index is 13.4. The van der Waals surface area contributed by atoms with Gasteiger partial charge in [-0.1, -0.05) is 17.8 Å². The van der Waals surface area contributed by atoms with E-state index in [9.17, 15) is 14.5 Å². The number of nitro groups is 1.